The van der Waals surface area contributed by atoms with Crippen molar-refractivity contribution in [2.24, 2.45) is 0 Å². The number of ether oxygens (including phenoxy) is 1. The Morgan fingerprint density at radius 1 is 1.14 bits per heavy atom. The summed E-state index contributed by atoms with van der Waals surface area (Å²) in [5, 5.41) is 6.80. The van der Waals surface area contributed by atoms with Gasteiger partial charge in [0.15, 0.2) is 0 Å². The molecule has 0 bridgehead atoms. The third kappa shape index (κ3) is 6.30. The number of carbonyl (C=O) groups is 3. The van der Waals surface area contributed by atoms with E-state index in [0.29, 0.717) is 49.3 Å². The van der Waals surface area contributed by atoms with E-state index in [-0.39, 0.29) is 11.9 Å². The Kier molecular flexibility index (Phi) is 8.48. The summed E-state index contributed by atoms with van der Waals surface area (Å²) >= 11 is 1.37. The number of nitrogens with one attached hydrogen (secondary N) is 2. The van der Waals surface area contributed by atoms with Gasteiger partial charge in [-0.3, -0.25) is 20.0 Å². The predicted octanol–water partition coefficient (Wildman–Crippen LogP) is 3.54. The molecule has 2 fully saturated rings. The van der Waals surface area contributed by atoms with E-state index in [9.17, 15) is 18.8 Å². The van der Waals surface area contributed by atoms with Gasteiger partial charge in [-0.1, -0.05) is 0 Å². The van der Waals surface area contributed by atoms with Crippen LogP contribution in [0.5, 0.6) is 0 Å². The fourth-order valence-corrected chi connectivity index (χ4v) is 5.80. The first-order chi connectivity index (χ1) is 17.7. The molecule has 0 saturated carbocycles. The molecule has 37 heavy (non-hydrogen) atoms. The molecule has 2 aliphatic rings. The second-order valence-electron chi connectivity index (χ2n) is 9.97. The normalized spacial score (nSPS) is 17.6. The van der Waals surface area contributed by atoms with Gasteiger partial charge in [0, 0.05) is 74.3 Å². The lowest BCUT2D eigenvalue weighted by molar-refractivity contribution is -0.0101. The highest BCUT2D eigenvalue weighted by atomic mass is 32.1. The zero-order chi connectivity index (χ0) is 26.6. The number of anilines is 1. The summed E-state index contributed by atoms with van der Waals surface area (Å²) in [6.07, 6.45) is 4.49. The Balaban J connectivity index is 1.35. The number of piperazine rings is 1. The van der Waals surface area contributed by atoms with Crippen molar-refractivity contribution in [3.63, 3.8) is 0 Å². The number of carbonyl (C=O) groups excluding carboxylic acids is 3. The lowest BCUT2D eigenvalue weighted by Crippen LogP contribution is -2.55. The number of fused-ring (bicyclic) bond motifs is 1. The number of nitrogens with zero attached hydrogens (tertiary/aromatic N) is 4. The van der Waals surface area contributed by atoms with Crippen molar-refractivity contribution < 1.29 is 23.5 Å². The molecular formula is C25H35FN6O4S. The maximum Gasteiger partial charge on any atom is 0.410 e. The first-order valence-electron chi connectivity index (χ1n) is 12.7. The molecule has 4 amide bonds. The van der Waals surface area contributed by atoms with Crippen LogP contribution in [0, 0.1) is 0 Å². The lowest BCUT2D eigenvalue weighted by Gasteiger charge is -2.42. The number of aromatic nitrogens is 1. The van der Waals surface area contributed by atoms with Crippen LogP contribution in [0.1, 0.15) is 44.0 Å². The van der Waals surface area contributed by atoms with E-state index in [0.717, 1.165) is 36.0 Å². The van der Waals surface area contributed by atoms with E-state index in [1.54, 1.807) is 31.1 Å². The fraction of sp³-hybridized carbons (Fsp3) is 0.600. The van der Waals surface area contributed by atoms with Crippen LogP contribution in [-0.4, -0.2) is 102 Å². The van der Waals surface area contributed by atoms with Crippen LogP contribution < -0.4 is 10.6 Å². The van der Waals surface area contributed by atoms with Crippen molar-refractivity contribution in [2.45, 2.75) is 45.3 Å². The van der Waals surface area contributed by atoms with E-state index >= 15 is 0 Å². The minimum Gasteiger partial charge on any atom is -0.441 e. The molecule has 0 radical (unpaired) electrons. The number of pyridine rings is 1. The third-order valence-electron chi connectivity index (χ3n) is 6.79. The van der Waals surface area contributed by atoms with Gasteiger partial charge in [0.05, 0.1) is 5.56 Å². The van der Waals surface area contributed by atoms with Gasteiger partial charge < -0.3 is 19.9 Å². The SMILES string of the molecule is CCNC(=O)Nc1sc2ccncc2c1C(=O)N1CCN(C2CCN(C(=O)OC(C)(C)CF)CC2)CC1. The standard InChI is InChI=1S/C25H35FN6O4S/c1-4-28-23(34)29-21-20(18-15-27-8-5-19(18)37-21)22(33)31-13-11-30(12-14-31)17-6-9-32(10-7-17)24(35)36-25(2,3)16-26/h5,8,15,17H,4,6-7,9-14,16H2,1-3H3,(H2,28,29,34). The Morgan fingerprint density at radius 3 is 2.49 bits per heavy atom. The highest BCUT2D eigenvalue weighted by Gasteiger charge is 2.34. The van der Waals surface area contributed by atoms with E-state index < -0.39 is 18.4 Å². The van der Waals surface area contributed by atoms with Gasteiger partial charge >= 0.3 is 12.1 Å². The summed E-state index contributed by atoms with van der Waals surface area (Å²) in [4.78, 5) is 48.2. The number of amides is 4. The van der Waals surface area contributed by atoms with E-state index in [1.807, 2.05) is 17.9 Å². The van der Waals surface area contributed by atoms with Crippen LogP contribution in [0.3, 0.4) is 0 Å². The molecule has 202 valence electrons. The number of rotatable bonds is 6. The molecule has 0 atom stereocenters. The minimum atomic E-state index is -1.12. The zero-order valence-corrected chi connectivity index (χ0v) is 22.4. The number of thiophene rings is 1. The first-order valence-corrected chi connectivity index (χ1v) is 13.5. The molecule has 12 heteroatoms. The molecule has 2 saturated heterocycles. The summed E-state index contributed by atoms with van der Waals surface area (Å²) < 4.78 is 19.2. The van der Waals surface area contributed by atoms with Crippen molar-refractivity contribution in [3.8, 4) is 0 Å². The number of likely N-dealkylation sites (tertiary alicyclic amines) is 1. The molecule has 0 aromatic carbocycles. The molecule has 4 heterocycles. The van der Waals surface area contributed by atoms with Gasteiger partial charge in [-0.05, 0) is 39.7 Å². The van der Waals surface area contributed by atoms with Gasteiger partial charge in [-0.15, -0.1) is 11.3 Å². The van der Waals surface area contributed by atoms with Crippen molar-refractivity contribution in [2.75, 3.05) is 57.8 Å². The largest absolute Gasteiger partial charge is 0.441 e. The molecule has 4 rings (SSSR count). The first kappa shape index (κ1) is 27.1. The molecule has 2 aliphatic heterocycles. The Bertz CT molecular complexity index is 1130. The highest BCUT2D eigenvalue weighted by Crippen LogP contribution is 2.36. The van der Waals surface area contributed by atoms with Crippen molar-refractivity contribution >= 4 is 44.5 Å². The maximum atomic E-state index is 13.6. The Hall–Kier alpha value is -2.99. The lowest BCUT2D eigenvalue weighted by atomic mass is 10.0. The van der Waals surface area contributed by atoms with Gasteiger partial charge in [0.2, 0.25) is 0 Å². The van der Waals surface area contributed by atoms with Gasteiger partial charge in [0.25, 0.3) is 5.91 Å². The van der Waals surface area contributed by atoms with E-state index in [4.69, 9.17) is 4.74 Å². The predicted molar refractivity (Wildman–Crippen MR) is 141 cm³/mol. The molecular weight excluding hydrogens is 499 g/mol. The van der Waals surface area contributed by atoms with Crippen LogP contribution in [0.15, 0.2) is 18.5 Å². The summed E-state index contributed by atoms with van der Waals surface area (Å²) in [6.45, 7) is 8.46. The summed E-state index contributed by atoms with van der Waals surface area (Å²) in [6, 6.07) is 1.82. The molecule has 0 unspecified atom stereocenters. The van der Waals surface area contributed by atoms with Crippen molar-refractivity contribution in [1.29, 1.82) is 0 Å². The monoisotopic (exact) mass is 534 g/mol. The summed E-state index contributed by atoms with van der Waals surface area (Å²) in [5.74, 6) is -0.112. The van der Waals surface area contributed by atoms with Crippen molar-refractivity contribution in [1.82, 2.24) is 25.0 Å². The zero-order valence-electron chi connectivity index (χ0n) is 21.6. The van der Waals surface area contributed by atoms with E-state index in [1.165, 1.54) is 11.3 Å². The number of urea groups is 1. The smallest absolute Gasteiger partial charge is 0.410 e. The van der Waals surface area contributed by atoms with Crippen LogP contribution in [-0.2, 0) is 4.74 Å². The van der Waals surface area contributed by atoms with Crippen LogP contribution in [0.2, 0.25) is 0 Å². The Labute approximate surface area is 220 Å². The number of hydrogen-bond acceptors (Lipinski definition) is 7. The van der Waals surface area contributed by atoms with Crippen molar-refractivity contribution in [3.05, 3.63) is 24.0 Å². The van der Waals surface area contributed by atoms with Gasteiger partial charge in [-0.25, -0.2) is 14.0 Å². The van der Waals surface area contributed by atoms with Crippen LogP contribution in [0.25, 0.3) is 10.1 Å². The fourth-order valence-electron chi connectivity index (χ4n) is 4.74. The highest BCUT2D eigenvalue weighted by molar-refractivity contribution is 7.23. The molecule has 2 aromatic heterocycles. The molecule has 0 aliphatic carbocycles. The van der Waals surface area contributed by atoms with Gasteiger partial charge in [-0.2, -0.15) is 0 Å². The molecule has 2 N–H and O–H groups in total. The Morgan fingerprint density at radius 2 is 1.84 bits per heavy atom. The molecule has 2 aromatic rings. The number of piperidine rings is 1. The summed E-state index contributed by atoms with van der Waals surface area (Å²) in [7, 11) is 0. The average molecular weight is 535 g/mol. The van der Waals surface area contributed by atoms with Gasteiger partial charge in [0.1, 0.15) is 17.3 Å². The number of halogens is 1. The minimum absolute atomic E-state index is 0.112. The number of alkyl halides is 1. The third-order valence-corrected chi connectivity index (χ3v) is 7.88. The van der Waals surface area contributed by atoms with E-state index in [2.05, 4.69) is 20.5 Å². The topological polar surface area (TPSA) is 107 Å². The second kappa shape index (κ2) is 11.6. The number of hydrogen-bond donors (Lipinski definition) is 2. The van der Waals surface area contributed by atoms with Crippen LogP contribution >= 0.6 is 11.3 Å². The quantitative estimate of drug-likeness (QED) is 0.587. The molecule has 0 spiro atoms. The molecule has 10 nitrogen and oxygen atoms in total. The van der Waals surface area contributed by atoms with Crippen LogP contribution in [0.4, 0.5) is 19.0 Å². The summed E-state index contributed by atoms with van der Waals surface area (Å²) in [5.41, 5.74) is -0.633. The maximum absolute atomic E-state index is 13.6. The average Bonchev–Trinajstić information content (AvgIpc) is 3.26. The second-order valence-corrected chi connectivity index (χ2v) is 11.0.